The van der Waals surface area contributed by atoms with Crippen molar-refractivity contribution in [2.45, 2.75) is 19.4 Å². The molecule has 0 unspecified atom stereocenters. The first-order valence-corrected chi connectivity index (χ1v) is 7.77. The number of amides is 1. The molecule has 5 heteroatoms. The molecule has 0 aromatic carbocycles. The van der Waals surface area contributed by atoms with Crippen molar-refractivity contribution in [2.75, 3.05) is 19.6 Å². The van der Waals surface area contributed by atoms with E-state index in [1.807, 2.05) is 11.0 Å². The van der Waals surface area contributed by atoms with Crippen LogP contribution in [0.25, 0.3) is 9.40 Å². The largest absolute Gasteiger partial charge is 0.330 e. The average molecular weight is 280 g/mol. The van der Waals surface area contributed by atoms with Crippen molar-refractivity contribution in [1.82, 2.24) is 10.2 Å². The molecule has 0 spiro atoms. The number of hydrogen-bond donors (Lipinski definition) is 1. The SMILES string of the molecule is CC1(C)CNCCN1C(=O)c1cc2sccc2s1. The molecule has 2 aromatic rings. The van der Waals surface area contributed by atoms with E-state index in [0.29, 0.717) is 0 Å². The highest BCUT2D eigenvalue weighted by atomic mass is 32.1. The molecule has 1 aliphatic rings. The van der Waals surface area contributed by atoms with Gasteiger partial charge in [0, 0.05) is 29.0 Å². The third-order valence-electron chi connectivity index (χ3n) is 3.40. The smallest absolute Gasteiger partial charge is 0.264 e. The first kappa shape index (κ1) is 12.1. The molecule has 18 heavy (non-hydrogen) atoms. The molecule has 3 nitrogen and oxygen atoms in total. The Balaban J connectivity index is 1.91. The minimum Gasteiger partial charge on any atom is -0.330 e. The van der Waals surface area contributed by atoms with Crippen LogP contribution in [0.1, 0.15) is 23.5 Å². The van der Waals surface area contributed by atoms with Gasteiger partial charge in [0.1, 0.15) is 0 Å². The molecule has 1 saturated heterocycles. The number of rotatable bonds is 1. The summed E-state index contributed by atoms with van der Waals surface area (Å²) >= 11 is 3.30. The van der Waals surface area contributed by atoms with E-state index in [-0.39, 0.29) is 11.4 Å². The number of thiophene rings is 2. The molecule has 1 amide bonds. The van der Waals surface area contributed by atoms with Gasteiger partial charge in [-0.15, -0.1) is 22.7 Å². The molecule has 1 aliphatic heterocycles. The fourth-order valence-electron chi connectivity index (χ4n) is 2.36. The molecule has 0 saturated carbocycles. The van der Waals surface area contributed by atoms with Crippen molar-refractivity contribution in [3.8, 4) is 0 Å². The zero-order valence-electron chi connectivity index (χ0n) is 10.5. The van der Waals surface area contributed by atoms with Gasteiger partial charge in [-0.1, -0.05) is 0 Å². The highest BCUT2D eigenvalue weighted by Crippen LogP contribution is 2.32. The second-order valence-electron chi connectivity index (χ2n) is 5.21. The third-order valence-corrected chi connectivity index (χ3v) is 5.48. The van der Waals surface area contributed by atoms with Crippen molar-refractivity contribution in [3.63, 3.8) is 0 Å². The van der Waals surface area contributed by atoms with Crippen LogP contribution in [0.2, 0.25) is 0 Å². The number of carbonyl (C=O) groups excluding carboxylic acids is 1. The van der Waals surface area contributed by atoms with E-state index in [1.165, 1.54) is 9.40 Å². The fourth-order valence-corrected chi connectivity index (χ4v) is 4.42. The molecule has 0 atom stereocenters. The summed E-state index contributed by atoms with van der Waals surface area (Å²) in [5.41, 5.74) is -0.104. The Kier molecular flexibility index (Phi) is 2.92. The van der Waals surface area contributed by atoms with Crippen molar-refractivity contribution in [1.29, 1.82) is 0 Å². The topological polar surface area (TPSA) is 32.3 Å². The second-order valence-corrected chi connectivity index (χ2v) is 7.24. The van der Waals surface area contributed by atoms with Crippen LogP contribution in [0.15, 0.2) is 17.5 Å². The molecule has 1 fully saturated rings. The minimum absolute atomic E-state index is 0.104. The van der Waals surface area contributed by atoms with Crippen LogP contribution < -0.4 is 5.32 Å². The van der Waals surface area contributed by atoms with Gasteiger partial charge in [-0.05, 0) is 31.4 Å². The predicted molar refractivity (Wildman–Crippen MR) is 77.7 cm³/mol. The second kappa shape index (κ2) is 4.33. The van der Waals surface area contributed by atoms with Crippen molar-refractivity contribution in [3.05, 3.63) is 22.4 Å². The minimum atomic E-state index is -0.104. The van der Waals surface area contributed by atoms with Gasteiger partial charge in [0.05, 0.1) is 10.4 Å². The fraction of sp³-hybridized carbons (Fsp3) is 0.462. The van der Waals surface area contributed by atoms with Gasteiger partial charge in [-0.2, -0.15) is 0 Å². The number of piperazine rings is 1. The first-order valence-electron chi connectivity index (χ1n) is 6.08. The van der Waals surface area contributed by atoms with E-state index in [9.17, 15) is 4.79 Å². The number of hydrogen-bond acceptors (Lipinski definition) is 4. The van der Waals surface area contributed by atoms with Gasteiger partial charge >= 0.3 is 0 Å². The molecule has 0 aliphatic carbocycles. The van der Waals surface area contributed by atoms with Crippen LogP contribution in [0.5, 0.6) is 0 Å². The summed E-state index contributed by atoms with van der Waals surface area (Å²) in [6.07, 6.45) is 0. The van der Waals surface area contributed by atoms with E-state index in [0.717, 1.165) is 24.5 Å². The molecule has 2 aromatic heterocycles. The van der Waals surface area contributed by atoms with Crippen LogP contribution in [-0.4, -0.2) is 36.0 Å². The van der Waals surface area contributed by atoms with E-state index in [1.54, 1.807) is 22.7 Å². The number of fused-ring (bicyclic) bond motifs is 1. The highest BCUT2D eigenvalue weighted by Gasteiger charge is 2.34. The van der Waals surface area contributed by atoms with Crippen LogP contribution in [0.3, 0.4) is 0 Å². The first-order chi connectivity index (χ1) is 8.58. The number of nitrogens with zero attached hydrogens (tertiary/aromatic N) is 1. The molecule has 96 valence electrons. The normalized spacial score (nSPS) is 19.3. The Morgan fingerprint density at radius 1 is 1.44 bits per heavy atom. The highest BCUT2D eigenvalue weighted by molar-refractivity contribution is 7.27. The summed E-state index contributed by atoms with van der Waals surface area (Å²) in [4.78, 5) is 15.5. The Labute approximate surface area is 114 Å². The Morgan fingerprint density at radius 2 is 2.28 bits per heavy atom. The maximum Gasteiger partial charge on any atom is 0.264 e. The van der Waals surface area contributed by atoms with Crippen molar-refractivity contribution >= 4 is 38.0 Å². The lowest BCUT2D eigenvalue weighted by Crippen LogP contribution is -2.59. The van der Waals surface area contributed by atoms with Gasteiger partial charge in [-0.25, -0.2) is 0 Å². The molecule has 1 N–H and O–H groups in total. The molecular weight excluding hydrogens is 264 g/mol. The van der Waals surface area contributed by atoms with Crippen molar-refractivity contribution in [2.24, 2.45) is 0 Å². The Bertz CT molecular complexity index is 556. The molecule has 0 radical (unpaired) electrons. The van der Waals surface area contributed by atoms with Crippen LogP contribution in [-0.2, 0) is 0 Å². The Hall–Kier alpha value is -0.910. The standard InChI is InChI=1S/C13H16N2OS2/c1-13(2)8-14-4-5-15(13)12(16)11-7-10-9(18-11)3-6-17-10/h3,6-7,14H,4-5,8H2,1-2H3. The van der Waals surface area contributed by atoms with E-state index >= 15 is 0 Å². The zero-order chi connectivity index (χ0) is 12.8. The summed E-state index contributed by atoms with van der Waals surface area (Å²) in [6, 6.07) is 4.12. The monoisotopic (exact) mass is 280 g/mol. The summed E-state index contributed by atoms with van der Waals surface area (Å²) in [6.45, 7) is 6.77. The predicted octanol–water partition coefficient (Wildman–Crippen LogP) is 2.79. The van der Waals surface area contributed by atoms with E-state index in [2.05, 4.69) is 30.6 Å². The Morgan fingerprint density at radius 3 is 3.00 bits per heavy atom. The summed E-state index contributed by atoms with van der Waals surface area (Å²) in [5, 5.41) is 5.42. The summed E-state index contributed by atoms with van der Waals surface area (Å²) < 4.78 is 2.44. The summed E-state index contributed by atoms with van der Waals surface area (Å²) in [5.74, 6) is 0.176. The van der Waals surface area contributed by atoms with E-state index in [4.69, 9.17) is 0 Å². The van der Waals surface area contributed by atoms with Crippen molar-refractivity contribution < 1.29 is 4.79 Å². The van der Waals surface area contributed by atoms with Gasteiger partial charge in [-0.3, -0.25) is 4.79 Å². The molecule has 3 rings (SSSR count). The van der Waals surface area contributed by atoms with Gasteiger partial charge in [0.2, 0.25) is 0 Å². The van der Waals surface area contributed by atoms with Crippen LogP contribution >= 0.6 is 22.7 Å². The molecular formula is C13H16N2OS2. The maximum atomic E-state index is 12.6. The zero-order valence-corrected chi connectivity index (χ0v) is 12.2. The van der Waals surface area contributed by atoms with Gasteiger partial charge in [0.15, 0.2) is 0 Å². The molecule has 0 bridgehead atoms. The summed E-state index contributed by atoms with van der Waals surface area (Å²) in [7, 11) is 0. The number of carbonyl (C=O) groups is 1. The van der Waals surface area contributed by atoms with Crippen LogP contribution in [0, 0.1) is 0 Å². The van der Waals surface area contributed by atoms with Gasteiger partial charge < -0.3 is 10.2 Å². The lowest BCUT2D eigenvalue weighted by molar-refractivity contribution is 0.0482. The quantitative estimate of drug-likeness (QED) is 0.871. The lowest BCUT2D eigenvalue weighted by Gasteiger charge is -2.42. The van der Waals surface area contributed by atoms with Crippen LogP contribution in [0.4, 0.5) is 0 Å². The molecule has 3 heterocycles. The van der Waals surface area contributed by atoms with Gasteiger partial charge in [0.25, 0.3) is 5.91 Å². The number of nitrogens with one attached hydrogen (secondary N) is 1. The van der Waals surface area contributed by atoms with E-state index < -0.39 is 0 Å². The lowest BCUT2D eigenvalue weighted by atomic mass is 10.00. The maximum absolute atomic E-state index is 12.6. The average Bonchev–Trinajstić information content (AvgIpc) is 2.87. The third kappa shape index (κ3) is 1.96.